The molecule has 0 atom stereocenters. The Hall–Kier alpha value is -2.74. The minimum absolute atomic E-state index is 0.0355. The molecule has 0 aromatic heterocycles. The number of benzene rings is 1. The minimum atomic E-state index is -8.69. The van der Waals surface area contributed by atoms with Crippen LogP contribution < -0.4 is 5.06 Å². The first-order chi connectivity index (χ1) is 20.1. The van der Waals surface area contributed by atoms with Crippen molar-refractivity contribution < 1.29 is 89.0 Å². The van der Waals surface area contributed by atoms with Crippen LogP contribution in [0.5, 0.6) is 0 Å². The van der Waals surface area contributed by atoms with Crippen LogP contribution >= 0.6 is 0 Å². The van der Waals surface area contributed by atoms with E-state index in [0.717, 1.165) is 0 Å². The van der Waals surface area contributed by atoms with Gasteiger partial charge in [0, 0.05) is 6.42 Å². The lowest BCUT2D eigenvalue weighted by atomic mass is 9.88. The second kappa shape index (κ2) is 12.7. The van der Waals surface area contributed by atoms with Crippen molar-refractivity contribution >= 4 is 11.8 Å². The molecule has 0 fully saturated rings. The predicted octanol–water partition coefficient (Wildman–Crippen LogP) is 10.3. The zero-order chi connectivity index (χ0) is 36.8. The first-order valence-electron chi connectivity index (χ1n) is 12.6. The first-order valence-corrected chi connectivity index (χ1v) is 12.6. The molecule has 0 spiro atoms. The predicted molar refractivity (Wildman–Crippen MR) is 125 cm³/mol. The Kier molecular flexibility index (Phi) is 11.4. The molecule has 1 rings (SSSR count). The Morgan fingerprint density at radius 3 is 1.41 bits per heavy atom. The lowest BCUT2D eigenvalue weighted by Crippen LogP contribution is -2.74. The molecule has 21 heteroatoms. The van der Waals surface area contributed by atoms with Gasteiger partial charge in [-0.1, -0.05) is 26.0 Å². The molecule has 0 saturated carbocycles. The van der Waals surface area contributed by atoms with Gasteiger partial charge in [0.25, 0.3) is 0 Å². The van der Waals surface area contributed by atoms with E-state index < -0.39 is 78.8 Å². The van der Waals surface area contributed by atoms with Crippen LogP contribution in [0.4, 0.5) is 85.1 Å². The maximum absolute atomic E-state index is 14.2. The Labute approximate surface area is 249 Å². The van der Waals surface area contributed by atoms with Gasteiger partial charge >= 0.3 is 53.7 Å². The van der Waals surface area contributed by atoms with Gasteiger partial charge in [-0.25, -0.2) is 4.79 Å². The largest absolute Gasteiger partial charge is 0.460 e. The van der Waals surface area contributed by atoms with Gasteiger partial charge < -0.3 is 4.74 Å². The van der Waals surface area contributed by atoms with E-state index >= 15 is 0 Å². The highest BCUT2D eigenvalue weighted by Crippen LogP contribution is 2.64. The standard InChI is InChI=1S/C25H26F17NO3/c1-13(2)14-7-9-15(10-8-14)43(16(44)46-17(3,4)5)45-12-6-11-18(26,27)19(28,29)20(30,31)21(32,33)22(34,35)23(36,37)24(38,39)25(40,41)42/h7-10,13H,6,11-12H2,1-5H3. The number of anilines is 1. The molecule has 0 heterocycles. The number of nitrogens with zero attached hydrogens (tertiary/aromatic N) is 1. The van der Waals surface area contributed by atoms with E-state index in [9.17, 15) is 79.4 Å². The quantitative estimate of drug-likeness (QED) is 0.116. The van der Waals surface area contributed by atoms with Gasteiger partial charge in [0.1, 0.15) is 5.60 Å². The van der Waals surface area contributed by atoms with Gasteiger partial charge in [-0.05, 0) is 50.8 Å². The number of hydrogen-bond donors (Lipinski definition) is 0. The number of carbonyl (C=O) groups excluding carboxylic acids is 1. The Morgan fingerprint density at radius 1 is 0.652 bits per heavy atom. The van der Waals surface area contributed by atoms with Crippen LogP contribution in [0.15, 0.2) is 24.3 Å². The van der Waals surface area contributed by atoms with Crippen LogP contribution in [0.1, 0.15) is 58.9 Å². The molecule has 1 aromatic rings. The summed E-state index contributed by atoms with van der Waals surface area (Å²) in [7, 11) is 0. The molecule has 46 heavy (non-hydrogen) atoms. The molecule has 1 aromatic carbocycles. The summed E-state index contributed by atoms with van der Waals surface area (Å²) in [5.41, 5.74) is -0.676. The third-order valence-corrected chi connectivity index (χ3v) is 6.00. The van der Waals surface area contributed by atoms with Crippen molar-refractivity contribution in [2.24, 2.45) is 0 Å². The van der Waals surface area contributed by atoms with E-state index in [1.54, 1.807) is 13.8 Å². The number of alkyl halides is 17. The number of halogens is 17. The summed E-state index contributed by atoms with van der Waals surface area (Å²) >= 11 is 0. The van der Waals surface area contributed by atoms with Crippen LogP contribution in [0.25, 0.3) is 0 Å². The molecule has 0 unspecified atom stereocenters. The second-order valence-corrected chi connectivity index (χ2v) is 11.1. The molecular weight excluding hydrogens is 685 g/mol. The molecule has 0 saturated heterocycles. The number of hydrogen-bond acceptors (Lipinski definition) is 3. The number of ether oxygens (including phenoxy) is 1. The van der Waals surface area contributed by atoms with Gasteiger partial charge in [-0.15, -0.1) is 0 Å². The highest BCUT2D eigenvalue weighted by molar-refractivity contribution is 5.85. The lowest BCUT2D eigenvalue weighted by molar-refractivity contribution is -0.461. The summed E-state index contributed by atoms with van der Waals surface area (Å²) in [5.74, 6) is -56.9. The number of rotatable bonds is 13. The summed E-state index contributed by atoms with van der Waals surface area (Å²) in [6, 6.07) is 5.40. The topological polar surface area (TPSA) is 38.8 Å². The summed E-state index contributed by atoms with van der Waals surface area (Å²) in [6.45, 7) is 6.34. The van der Waals surface area contributed by atoms with Crippen molar-refractivity contribution in [3.63, 3.8) is 0 Å². The molecule has 1 amide bonds. The Morgan fingerprint density at radius 2 is 1.04 bits per heavy atom. The Balaban J connectivity index is 3.30. The SMILES string of the molecule is CC(C)c1ccc(N(OCCCC(F)(F)C(F)(F)C(F)(F)C(F)(F)C(F)(F)C(F)(F)C(F)(F)C(F)(F)F)C(=O)OC(C)(C)C)cc1. The van der Waals surface area contributed by atoms with Gasteiger partial charge in [0.2, 0.25) is 0 Å². The van der Waals surface area contributed by atoms with E-state index in [0.29, 0.717) is 5.56 Å². The summed E-state index contributed by atoms with van der Waals surface area (Å²) in [4.78, 5) is 17.5. The molecule has 0 aliphatic rings. The fourth-order valence-corrected chi connectivity index (χ4v) is 3.33. The van der Waals surface area contributed by atoms with Gasteiger partial charge in [-0.2, -0.15) is 79.7 Å². The van der Waals surface area contributed by atoms with Crippen molar-refractivity contribution in [3.8, 4) is 0 Å². The summed E-state index contributed by atoms with van der Waals surface area (Å²) < 4.78 is 234. The van der Waals surface area contributed by atoms with Crippen molar-refractivity contribution in [2.75, 3.05) is 11.7 Å². The summed E-state index contributed by atoms with van der Waals surface area (Å²) in [5, 5.41) is 0.290. The van der Waals surface area contributed by atoms with Crippen LogP contribution in [-0.2, 0) is 9.57 Å². The molecule has 0 aliphatic carbocycles. The number of amides is 1. The van der Waals surface area contributed by atoms with Crippen LogP contribution in [0.3, 0.4) is 0 Å². The monoisotopic (exact) mass is 711 g/mol. The van der Waals surface area contributed by atoms with Crippen molar-refractivity contribution in [1.29, 1.82) is 0 Å². The molecular formula is C25H26F17NO3. The lowest BCUT2D eigenvalue weighted by Gasteiger charge is -2.42. The van der Waals surface area contributed by atoms with Crippen molar-refractivity contribution in [3.05, 3.63) is 29.8 Å². The average molecular weight is 711 g/mol. The van der Waals surface area contributed by atoms with E-state index in [2.05, 4.69) is 0 Å². The molecule has 0 bridgehead atoms. The molecule has 0 aliphatic heterocycles. The van der Waals surface area contributed by atoms with E-state index in [1.165, 1.54) is 45.0 Å². The fraction of sp³-hybridized carbons (Fsp3) is 0.720. The van der Waals surface area contributed by atoms with Gasteiger partial charge in [-0.3, -0.25) is 4.84 Å². The fourth-order valence-electron chi connectivity index (χ4n) is 3.33. The van der Waals surface area contributed by atoms with Crippen LogP contribution in [0, 0.1) is 0 Å². The maximum Gasteiger partial charge on any atom is 0.460 e. The Bertz CT molecular complexity index is 1190. The molecule has 4 nitrogen and oxygen atoms in total. The van der Waals surface area contributed by atoms with E-state index in [1.807, 2.05) is 0 Å². The van der Waals surface area contributed by atoms with Crippen LogP contribution in [-0.4, -0.2) is 65.9 Å². The molecule has 268 valence electrons. The second-order valence-electron chi connectivity index (χ2n) is 11.1. The van der Waals surface area contributed by atoms with Gasteiger partial charge in [0.05, 0.1) is 12.3 Å². The highest BCUT2D eigenvalue weighted by atomic mass is 19.4. The maximum atomic E-state index is 14.2. The van der Waals surface area contributed by atoms with Gasteiger partial charge in [0.15, 0.2) is 0 Å². The van der Waals surface area contributed by atoms with E-state index in [4.69, 9.17) is 9.57 Å². The molecule has 0 radical (unpaired) electrons. The van der Waals surface area contributed by atoms with Crippen molar-refractivity contribution in [1.82, 2.24) is 0 Å². The smallest absolute Gasteiger partial charge is 0.442 e. The zero-order valence-electron chi connectivity index (χ0n) is 24.1. The average Bonchev–Trinajstić information content (AvgIpc) is 2.86. The van der Waals surface area contributed by atoms with Crippen molar-refractivity contribution in [2.45, 2.75) is 107 Å². The highest BCUT2D eigenvalue weighted by Gasteiger charge is 2.95. The van der Waals surface area contributed by atoms with E-state index in [-0.39, 0.29) is 16.7 Å². The third kappa shape index (κ3) is 7.37. The minimum Gasteiger partial charge on any atom is -0.442 e. The summed E-state index contributed by atoms with van der Waals surface area (Å²) in [6.07, 6.45) is -13.4. The normalized spacial score (nSPS) is 14.9. The van der Waals surface area contributed by atoms with Crippen LogP contribution in [0.2, 0.25) is 0 Å². The number of carbonyl (C=O) groups is 1. The third-order valence-electron chi connectivity index (χ3n) is 6.00. The first kappa shape index (κ1) is 41.3. The number of hydroxylamine groups is 1. The zero-order valence-corrected chi connectivity index (χ0v) is 24.1. The molecule has 0 N–H and O–H groups in total.